The van der Waals surface area contributed by atoms with Crippen LogP contribution in [-0.2, 0) is 14.8 Å². The topological polar surface area (TPSA) is 88.4 Å². The molecule has 0 atom stereocenters. The van der Waals surface area contributed by atoms with Gasteiger partial charge in [-0.25, -0.2) is 12.8 Å². The minimum atomic E-state index is -4.22. The number of hydrogen-bond acceptors (Lipinski definition) is 4. The third-order valence-corrected chi connectivity index (χ3v) is 5.19. The Kier molecular flexibility index (Phi) is 5.81. The van der Waals surface area contributed by atoms with E-state index in [9.17, 15) is 17.6 Å². The zero-order valence-corrected chi connectivity index (χ0v) is 15.8. The van der Waals surface area contributed by atoms with Crippen molar-refractivity contribution in [3.8, 4) is 0 Å². The molecule has 0 spiro atoms. The molecule has 0 radical (unpaired) electrons. The number of benzene rings is 2. The maximum atomic E-state index is 13.9. The van der Waals surface area contributed by atoms with Gasteiger partial charge in [-0.15, -0.1) is 0 Å². The summed E-state index contributed by atoms with van der Waals surface area (Å²) in [5, 5.41) is 2.81. The average Bonchev–Trinajstić information content (AvgIpc) is 3.16. The number of furan rings is 1. The van der Waals surface area contributed by atoms with Crippen LogP contribution in [0.2, 0.25) is 5.02 Å². The minimum Gasteiger partial charge on any atom is -0.465 e. The van der Waals surface area contributed by atoms with Crippen LogP contribution < -0.4 is 10.0 Å². The van der Waals surface area contributed by atoms with Gasteiger partial charge in [0.05, 0.1) is 17.6 Å². The minimum absolute atomic E-state index is 0.0346. The highest BCUT2D eigenvalue weighted by Crippen LogP contribution is 2.28. The summed E-state index contributed by atoms with van der Waals surface area (Å²) in [6, 6.07) is 12.5. The molecule has 0 aliphatic heterocycles. The summed E-state index contributed by atoms with van der Waals surface area (Å²) in [4.78, 5) is 11.6. The Bertz CT molecular complexity index is 1130. The molecule has 0 saturated heterocycles. The first-order chi connectivity index (χ1) is 13.3. The summed E-state index contributed by atoms with van der Waals surface area (Å²) < 4.78 is 46.2. The zero-order chi connectivity index (χ0) is 20.1. The third-order valence-electron chi connectivity index (χ3n) is 3.55. The van der Waals surface area contributed by atoms with E-state index in [0.717, 1.165) is 12.1 Å². The van der Waals surface area contributed by atoms with Crippen molar-refractivity contribution in [1.29, 1.82) is 0 Å². The molecule has 3 rings (SSSR count). The second-order valence-corrected chi connectivity index (χ2v) is 7.65. The summed E-state index contributed by atoms with van der Waals surface area (Å²) >= 11 is 5.95. The number of anilines is 2. The molecule has 2 aromatic carbocycles. The van der Waals surface area contributed by atoms with Crippen molar-refractivity contribution >= 4 is 45.0 Å². The normalized spacial score (nSPS) is 11.5. The van der Waals surface area contributed by atoms with Crippen molar-refractivity contribution in [3.63, 3.8) is 0 Å². The molecular weight excluding hydrogens is 407 g/mol. The smallest absolute Gasteiger partial charge is 0.264 e. The van der Waals surface area contributed by atoms with Crippen molar-refractivity contribution in [1.82, 2.24) is 0 Å². The zero-order valence-electron chi connectivity index (χ0n) is 14.2. The van der Waals surface area contributed by atoms with Crippen LogP contribution in [0.3, 0.4) is 0 Å². The molecule has 0 saturated carbocycles. The lowest BCUT2D eigenvalue weighted by Crippen LogP contribution is -2.17. The summed E-state index contributed by atoms with van der Waals surface area (Å²) in [7, 11) is -4.22. The van der Waals surface area contributed by atoms with Gasteiger partial charge in [0.15, 0.2) is 0 Å². The number of carbonyl (C=O) groups is 1. The Morgan fingerprint density at radius 1 is 1.07 bits per heavy atom. The molecule has 1 aromatic heterocycles. The van der Waals surface area contributed by atoms with Crippen LogP contribution in [0.4, 0.5) is 15.8 Å². The quantitative estimate of drug-likeness (QED) is 0.573. The Balaban J connectivity index is 1.85. The van der Waals surface area contributed by atoms with E-state index in [2.05, 4.69) is 10.0 Å². The van der Waals surface area contributed by atoms with Crippen LogP contribution in [-0.4, -0.2) is 14.3 Å². The Labute approximate surface area is 165 Å². The van der Waals surface area contributed by atoms with Gasteiger partial charge in [0.2, 0.25) is 5.91 Å². The van der Waals surface area contributed by atoms with Gasteiger partial charge >= 0.3 is 0 Å². The average molecular weight is 421 g/mol. The molecule has 1 amide bonds. The largest absolute Gasteiger partial charge is 0.465 e. The molecule has 1 heterocycles. The molecule has 0 unspecified atom stereocenters. The fourth-order valence-electron chi connectivity index (χ4n) is 2.29. The predicted molar refractivity (Wildman–Crippen MR) is 105 cm³/mol. The number of halogens is 2. The van der Waals surface area contributed by atoms with E-state index in [1.54, 1.807) is 12.1 Å². The molecule has 0 aliphatic rings. The van der Waals surface area contributed by atoms with Crippen molar-refractivity contribution in [2.45, 2.75) is 4.90 Å². The number of hydrogen-bond donors (Lipinski definition) is 2. The molecule has 28 heavy (non-hydrogen) atoms. The van der Waals surface area contributed by atoms with E-state index in [-0.39, 0.29) is 16.4 Å². The van der Waals surface area contributed by atoms with Crippen LogP contribution in [0.25, 0.3) is 6.08 Å². The monoisotopic (exact) mass is 420 g/mol. The number of carbonyl (C=O) groups excluding carboxylic acids is 1. The van der Waals surface area contributed by atoms with Gasteiger partial charge in [-0.3, -0.25) is 9.52 Å². The first kappa shape index (κ1) is 19.7. The van der Waals surface area contributed by atoms with Crippen LogP contribution >= 0.6 is 11.6 Å². The molecule has 144 valence electrons. The lowest BCUT2D eigenvalue weighted by molar-refractivity contribution is -0.111. The van der Waals surface area contributed by atoms with Crippen LogP contribution in [0.1, 0.15) is 5.76 Å². The highest BCUT2D eigenvalue weighted by atomic mass is 35.5. The Morgan fingerprint density at radius 3 is 2.57 bits per heavy atom. The highest BCUT2D eigenvalue weighted by Gasteiger charge is 2.20. The van der Waals surface area contributed by atoms with Gasteiger partial charge in [-0.2, -0.15) is 0 Å². The SMILES string of the molecule is O=C(/C=C/c1ccco1)Nc1cc(Cl)ccc1NS(=O)(=O)c1ccccc1F. The fraction of sp³-hybridized carbons (Fsp3) is 0. The number of rotatable bonds is 6. The molecule has 0 bridgehead atoms. The first-order valence-corrected chi connectivity index (χ1v) is 9.81. The van der Waals surface area contributed by atoms with Gasteiger partial charge in [-0.1, -0.05) is 23.7 Å². The molecule has 0 fully saturated rings. The van der Waals surface area contributed by atoms with Gasteiger partial charge in [0.25, 0.3) is 10.0 Å². The van der Waals surface area contributed by atoms with E-state index in [4.69, 9.17) is 16.0 Å². The lowest BCUT2D eigenvalue weighted by atomic mass is 10.2. The van der Waals surface area contributed by atoms with E-state index in [0.29, 0.717) is 5.76 Å². The van der Waals surface area contributed by atoms with E-state index < -0.39 is 26.6 Å². The third kappa shape index (κ3) is 4.79. The highest BCUT2D eigenvalue weighted by molar-refractivity contribution is 7.92. The summed E-state index contributed by atoms with van der Waals surface area (Å²) in [6.45, 7) is 0. The second kappa shape index (κ2) is 8.28. The maximum Gasteiger partial charge on any atom is 0.264 e. The van der Waals surface area contributed by atoms with Gasteiger partial charge in [0.1, 0.15) is 16.5 Å². The molecule has 0 aliphatic carbocycles. The maximum absolute atomic E-state index is 13.9. The molecule has 3 aromatic rings. The first-order valence-electron chi connectivity index (χ1n) is 7.94. The number of sulfonamides is 1. The Hall–Kier alpha value is -3.10. The lowest BCUT2D eigenvalue weighted by Gasteiger charge is -2.13. The number of amides is 1. The van der Waals surface area contributed by atoms with E-state index >= 15 is 0 Å². The van der Waals surface area contributed by atoms with Crippen molar-refractivity contribution in [3.05, 3.63) is 83.5 Å². The molecule has 2 N–H and O–H groups in total. The van der Waals surface area contributed by atoms with Crippen LogP contribution in [0.5, 0.6) is 0 Å². The molecular formula is C19H14ClFN2O4S. The standard InChI is InChI=1S/C19H14ClFN2O4S/c20-13-7-9-16(23-28(25,26)18-6-2-1-5-15(18)21)17(12-13)22-19(24)10-8-14-4-3-11-27-14/h1-12,23H,(H,22,24)/b10-8+. The summed E-state index contributed by atoms with van der Waals surface area (Å²) in [6.07, 6.45) is 4.13. The summed E-state index contributed by atoms with van der Waals surface area (Å²) in [5.74, 6) is -0.956. The van der Waals surface area contributed by atoms with Gasteiger partial charge in [-0.05, 0) is 48.5 Å². The Morgan fingerprint density at radius 2 is 1.86 bits per heavy atom. The van der Waals surface area contributed by atoms with Crippen LogP contribution in [0, 0.1) is 5.82 Å². The van der Waals surface area contributed by atoms with Crippen molar-refractivity contribution < 1.29 is 22.0 Å². The fourth-order valence-corrected chi connectivity index (χ4v) is 3.62. The molecule has 9 heteroatoms. The second-order valence-electron chi connectivity index (χ2n) is 5.56. The van der Waals surface area contributed by atoms with Gasteiger partial charge < -0.3 is 9.73 Å². The van der Waals surface area contributed by atoms with Crippen LogP contribution in [0.15, 0.2) is 76.2 Å². The van der Waals surface area contributed by atoms with Crippen molar-refractivity contribution in [2.24, 2.45) is 0 Å². The van der Waals surface area contributed by atoms with E-state index in [1.807, 2.05) is 0 Å². The van der Waals surface area contributed by atoms with Crippen molar-refractivity contribution in [2.75, 3.05) is 10.0 Å². The van der Waals surface area contributed by atoms with Gasteiger partial charge in [0, 0.05) is 11.1 Å². The number of nitrogens with one attached hydrogen (secondary N) is 2. The predicted octanol–water partition coefficient (Wildman–Crippen LogP) is 4.52. The van der Waals surface area contributed by atoms with E-state index in [1.165, 1.54) is 48.7 Å². The summed E-state index contributed by atoms with van der Waals surface area (Å²) in [5.41, 5.74) is 0.147. The molecule has 6 nitrogen and oxygen atoms in total.